The minimum absolute atomic E-state index is 0.0801. The Morgan fingerprint density at radius 3 is 2.08 bits per heavy atom. The summed E-state index contributed by atoms with van der Waals surface area (Å²) in [5, 5.41) is 14.7. The summed E-state index contributed by atoms with van der Waals surface area (Å²) in [6.07, 6.45) is 0. The second-order valence-corrected chi connectivity index (χ2v) is 12.0. The summed E-state index contributed by atoms with van der Waals surface area (Å²) >= 11 is 4.98. The maximum Gasteiger partial charge on any atom is 0.234 e. The molecule has 0 saturated heterocycles. The van der Waals surface area contributed by atoms with E-state index in [2.05, 4.69) is 66.2 Å². The molecule has 0 saturated carbocycles. The third-order valence-electron chi connectivity index (χ3n) is 6.96. The molecule has 2 heterocycles. The van der Waals surface area contributed by atoms with Gasteiger partial charge in [0.05, 0.1) is 17.1 Å². The number of nitrogens with zero attached hydrogens (tertiary/aromatic N) is 4. The first-order valence-corrected chi connectivity index (χ1v) is 14.5. The molecule has 0 fully saturated rings. The smallest absolute Gasteiger partial charge is 0.234 e. The van der Waals surface area contributed by atoms with Crippen molar-refractivity contribution in [2.24, 2.45) is 10.2 Å². The second kappa shape index (κ2) is 10.1. The van der Waals surface area contributed by atoms with Crippen molar-refractivity contribution in [2.75, 3.05) is 10.0 Å². The average Bonchev–Trinajstić information content (AvgIpc) is 3.36. The monoisotopic (exact) mass is 594 g/mol. The lowest BCUT2D eigenvalue weighted by molar-refractivity contribution is -0.110. The molecule has 39 heavy (non-hydrogen) atoms. The van der Waals surface area contributed by atoms with Crippen molar-refractivity contribution in [3.05, 3.63) is 130 Å². The molecular formula is C32H27BrN4OS. The number of thioether (sulfide) groups is 1. The van der Waals surface area contributed by atoms with Gasteiger partial charge in [-0.05, 0) is 59.6 Å². The fraction of sp³-hybridized carbons (Fsp3) is 0.156. The number of Topliss-reactive ketones (excluding diaryl/α,β-unsaturated/α-hetero) is 1. The van der Waals surface area contributed by atoms with Crippen LogP contribution in [-0.2, 0) is 9.79 Å². The van der Waals surface area contributed by atoms with E-state index >= 15 is 0 Å². The Kier molecular flexibility index (Phi) is 6.65. The summed E-state index contributed by atoms with van der Waals surface area (Å²) in [5.74, 6) is 0.365. The van der Waals surface area contributed by atoms with Gasteiger partial charge in [-0.15, -0.1) is 0 Å². The van der Waals surface area contributed by atoms with Crippen molar-refractivity contribution in [3.8, 4) is 0 Å². The molecule has 0 aromatic heterocycles. The normalized spacial score (nSPS) is 18.3. The summed E-state index contributed by atoms with van der Waals surface area (Å²) in [7, 11) is 0. The van der Waals surface area contributed by atoms with Gasteiger partial charge in [0.15, 0.2) is 10.8 Å². The lowest BCUT2D eigenvalue weighted by atomic mass is 9.92. The molecule has 194 valence electrons. The number of hydrogen-bond acceptors (Lipinski definition) is 6. The van der Waals surface area contributed by atoms with Crippen molar-refractivity contribution in [1.82, 2.24) is 0 Å². The lowest BCUT2D eigenvalue weighted by Gasteiger charge is -2.47. The van der Waals surface area contributed by atoms with Gasteiger partial charge >= 0.3 is 0 Å². The number of ketones is 1. The van der Waals surface area contributed by atoms with Crippen molar-refractivity contribution in [2.45, 2.75) is 31.7 Å². The Hall–Kier alpha value is -3.68. The van der Waals surface area contributed by atoms with E-state index in [-0.39, 0.29) is 5.78 Å². The Labute approximate surface area is 241 Å². The molecule has 5 nitrogen and oxygen atoms in total. The van der Waals surface area contributed by atoms with Gasteiger partial charge in [-0.25, -0.2) is 10.0 Å². The van der Waals surface area contributed by atoms with Crippen molar-refractivity contribution < 1.29 is 4.79 Å². The first-order valence-electron chi connectivity index (χ1n) is 12.9. The minimum atomic E-state index is -0.950. The Morgan fingerprint density at radius 1 is 0.795 bits per heavy atom. The molecule has 7 heteroatoms. The maximum absolute atomic E-state index is 12.8. The topological polar surface area (TPSA) is 48.3 Å². The van der Waals surface area contributed by atoms with Crippen molar-refractivity contribution in [3.63, 3.8) is 0 Å². The molecule has 2 aliphatic rings. The molecular weight excluding hydrogens is 568 g/mol. The van der Waals surface area contributed by atoms with Crippen LogP contribution >= 0.6 is 27.7 Å². The number of hydrazone groups is 2. The molecule has 4 aromatic carbocycles. The zero-order valence-corrected chi connectivity index (χ0v) is 24.3. The van der Waals surface area contributed by atoms with E-state index in [0.29, 0.717) is 11.0 Å². The molecule has 0 radical (unpaired) electrons. The number of fused-ring (bicyclic) bond motifs is 2. The van der Waals surface area contributed by atoms with Crippen LogP contribution < -0.4 is 10.0 Å². The number of rotatable bonds is 5. The molecule has 2 aliphatic heterocycles. The molecule has 0 N–H and O–H groups in total. The Morgan fingerprint density at radius 2 is 1.41 bits per heavy atom. The third-order valence-corrected chi connectivity index (χ3v) is 8.90. The highest BCUT2D eigenvalue weighted by Crippen LogP contribution is 2.55. The summed E-state index contributed by atoms with van der Waals surface area (Å²) in [6.45, 7) is 5.96. The highest BCUT2D eigenvalue weighted by Gasteiger charge is 2.55. The van der Waals surface area contributed by atoms with E-state index in [4.69, 9.17) is 10.2 Å². The highest BCUT2D eigenvalue weighted by atomic mass is 79.9. The molecule has 0 unspecified atom stereocenters. The van der Waals surface area contributed by atoms with Crippen molar-refractivity contribution in [1.29, 1.82) is 0 Å². The predicted molar refractivity (Wildman–Crippen MR) is 166 cm³/mol. The molecule has 4 aromatic rings. The first-order chi connectivity index (χ1) is 18.9. The SMILES string of the molecule is CC(=O)C1=NN(c2ccc(Br)cc2)[C@@]2(S1)c1ccccc1C(c1ccc(C(C)C)cc1)=NN2c1ccccc1. The van der Waals surface area contributed by atoms with E-state index in [9.17, 15) is 4.79 Å². The maximum atomic E-state index is 12.8. The van der Waals surface area contributed by atoms with Crippen LogP contribution in [0.1, 0.15) is 48.9 Å². The molecule has 0 amide bonds. The van der Waals surface area contributed by atoms with Crippen LogP contribution in [0.25, 0.3) is 0 Å². The number of hydrogen-bond donors (Lipinski definition) is 0. The number of para-hydroxylation sites is 1. The average molecular weight is 596 g/mol. The number of carbonyl (C=O) groups is 1. The fourth-order valence-electron chi connectivity index (χ4n) is 4.97. The lowest BCUT2D eigenvalue weighted by Crippen LogP contribution is -2.54. The predicted octanol–water partition coefficient (Wildman–Crippen LogP) is 8.11. The van der Waals surface area contributed by atoms with Crippen LogP contribution in [0.3, 0.4) is 0 Å². The third kappa shape index (κ3) is 4.39. The molecule has 1 atom stereocenters. The van der Waals surface area contributed by atoms with E-state index in [1.165, 1.54) is 17.3 Å². The van der Waals surface area contributed by atoms with Crippen LogP contribution in [-0.4, -0.2) is 16.5 Å². The quantitative estimate of drug-likeness (QED) is 0.234. The zero-order chi connectivity index (χ0) is 27.1. The van der Waals surface area contributed by atoms with Crippen LogP contribution in [0.5, 0.6) is 0 Å². The fourth-order valence-corrected chi connectivity index (χ4v) is 6.52. The van der Waals surface area contributed by atoms with Crippen LogP contribution in [0.2, 0.25) is 0 Å². The molecule has 0 aliphatic carbocycles. The van der Waals surface area contributed by atoms with Crippen molar-refractivity contribution >= 4 is 55.6 Å². The Balaban J connectivity index is 1.62. The van der Waals surface area contributed by atoms with Gasteiger partial charge in [0.25, 0.3) is 0 Å². The minimum Gasteiger partial charge on any atom is -0.292 e. The zero-order valence-electron chi connectivity index (χ0n) is 21.9. The van der Waals surface area contributed by atoms with E-state index in [1.807, 2.05) is 76.7 Å². The van der Waals surface area contributed by atoms with E-state index in [0.717, 1.165) is 38.2 Å². The standard InChI is InChI=1S/C32H27BrN4OS/c1-21(2)23-13-15-24(16-14-23)30-28-11-7-8-12-29(28)32(36(34-30)26-9-5-4-6-10-26)37(35-31(39-32)22(3)38)27-19-17-25(33)18-20-27/h4-21H,1-3H3/t32-/m1/s1. The van der Waals surface area contributed by atoms with E-state index < -0.39 is 4.99 Å². The summed E-state index contributed by atoms with van der Waals surface area (Å²) in [4.78, 5) is 11.8. The molecule has 6 rings (SSSR count). The van der Waals surface area contributed by atoms with Gasteiger partial charge in [0, 0.05) is 28.1 Å². The van der Waals surface area contributed by atoms with Gasteiger partial charge in [0.2, 0.25) is 4.99 Å². The van der Waals surface area contributed by atoms with Gasteiger partial charge in [-0.1, -0.05) is 96.5 Å². The number of anilines is 2. The summed E-state index contributed by atoms with van der Waals surface area (Å²) < 4.78 is 0.969. The van der Waals surface area contributed by atoms with Gasteiger partial charge < -0.3 is 0 Å². The van der Waals surface area contributed by atoms with Gasteiger partial charge in [-0.3, -0.25) is 4.79 Å². The van der Waals surface area contributed by atoms with Crippen LogP contribution in [0, 0.1) is 0 Å². The highest BCUT2D eigenvalue weighted by molar-refractivity contribution is 9.10. The molecule has 0 bridgehead atoms. The number of carbonyl (C=O) groups excluding carboxylic acids is 1. The van der Waals surface area contributed by atoms with E-state index in [1.54, 1.807) is 6.92 Å². The summed E-state index contributed by atoms with van der Waals surface area (Å²) in [6, 6.07) is 35.1. The van der Waals surface area contributed by atoms with Crippen LogP contribution in [0.15, 0.2) is 118 Å². The first kappa shape index (κ1) is 25.6. The van der Waals surface area contributed by atoms with Gasteiger partial charge in [0.1, 0.15) is 0 Å². The number of halogens is 1. The number of benzene rings is 4. The Bertz CT molecular complexity index is 1600. The summed E-state index contributed by atoms with van der Waals surface area (Å²) in [5.41, 5.74) is 6.98. The molecule has 1 spiro atoms. The largest absolute Gasteiger partial charge is 0.292 e. The second-order valence-electron chi connectivity index (χ2n) is 9.88. The van der Waals surface area contributed by atoms with Gasteiger partial charge in [-0.2, -0.15) is 10.2 Å². The van der Waals surface area contributed by atoms with Crippen LogP contribution in [0.4, 0.5) is 11.4 Å².